The number of aryl methyl sites for hydroxylation is 1. The van der Waals surface area contributed by atoms with E-state index in [4.69, 9.17) is 10.5 Å². The van der Waals surface area contributed by atoms with Crippen molar-refractivity contribution in [3.8, 4) is 0 Å². The molecular weight excluding hydrogens is 286 g/mol. The third-order valence-electron chi connectivity index (χ3n) is 3.36. The first-order chi connectivity index (χ1) is 9.76. The number of benzene rings is 1. The zero-order chi connectivity index (χ0) is 14.6. The zero-order valence-corrected chi connectivity index (χ0v) is 13.8. The Labute approximate surface area is 134 Å². The van der Waals surface area contributed by atoms with E-state index in [1.807, 2.05) is 6.92 Å². The molecule has 0 aliphatic carbocycles. The highest BCUT2D eigenvalue weighted by atomic mass is 35.5. The molecule has 0 aliphatic rings. The van der Waals surface area contributed by atoms with Crippen molar-refractivity contribution in [2.24, 2.45) is 5.73 Å². The van der Waals surface area contributed by atoms with Crippen LogP contribution in [0.15, 0.2) is 24.3 Å². The predicted octanol–water partition coefficient (Wildman–Crippen LogP) is 3.67. The van der Waals surface area contributed by atoms with Gasteiger partial charge in [-0.25, -0.2) is 0 Å². The largest absolute Gasteiger partial charge is 0.466 e. The van der Waals surface area contributed by atoms with E-state index in [0.717, 1.165) is 25.7 Å². The first kappa shape index (κ1) is 19.9. The number of carbonyl (C=O) groups is 1. The molecule has 0 aromatic heterocycles. The Bertz CT molecular complexity index is 379. The second-order valence-corrected chi connectivity index (χ2v) is 5.07. The fraction of sp³-hybridized carbons (Fsp3) is 0.588. The molecule has 1 aromatic carbocycles. The maximum Gasteiger partial charge on any atom is 0.305 e. The van der Waals surface area contributed by atoms with Gasteiger partial charge in [0.15, 0.2) is 0 Å². The van der Waals surface area contributed by atoms with E-state index in [1.165, 1.54) is 24.0 Å². The van der Waals surface area contributed by atoms with Gasteiger partial charge in [0.25, 0.3) is 0 Å². The first-order valence-electron chi connectivity index (χ1n) is 7.69. The lowest BCUT2D eigenvalue weighted by atomic mass is 10.0. The van der Waals surface area contributed by atoms with E-state index in [1.54, 1.807) is 0 Å². The summed E-state index contributed by atoms with van der Waals surface area (Å²) in [4.78, 5) is 11.2. The number of carbonyl (C=O) groups excluding carboxylic acids is 1. The summed E-state index contributed by atoms with van der Waals surface area (Å²) in [5, 5.41) is 0. The van der Waals surface area contributed by atoms with Crippen molar-refractivity contribution in [3.63, 3.8) is 0 Å². The van der Waals surface area contributed by atoms with Gasteiger partial charge in [0.2, 0.25) is 0 Å². The van der Waals surface area contributed by atoms with Crippen LogP contribution in [0.2, 0.25) is 0 Å². The summed E-state index contributed by atoms with van der Waals surface area (Å²) in [5.74, 6) is -0.0667. The minimum absolute atomic E-state index is 0. The van der Waals surface area contributed by atoms with Crippen molar-refractivity contribution in [2.45, 2.75) is 51.9 Å². The van der Waals surface area contributed by atoms with Gasteiger partial charge in [0, 0.05) is 6.42 Å². The molecule has 0 heterocycles. The van der Waals surface area contributed by atoms with Crippen molar-refractivity contribution < 1.29 is 9.53 Å². The number of esters is 1. The van der Waals surface area contributed by atoms with Crippen molar-refractivity contribution in [3.05, 3.63) is 35.4 Å². The van der Waals surface area contributed by atoms with Gasteiger partial charge in [-0.15, -0.1) is 12.4 Å². The van der Waals surface area contributed by atoms with E-state index in [2.05, 4.69) is 24.3 Å². The highest BCUT2D eigenvalue weighted by molar-refractivity contribution is 5.85. The lowest BCUT2D eigenvalue weighted by Gasteiger charge is -2.04. The van der Waals surface area contributed by atoms with Crippen molar-refractivity contribution in [2.75, 3.05) is 13.2 Å². The molecule has 0 radical (unpaired) electrons. The second kappa shape index (κ2) is 12.7. The summed E-state index contributed by atoms with van der Waals surface area (Å²) in [5.41, 5.74) is 8.23. The number of rotatable bonds is 10. The van der Waals surface area contributed by atoms with Gasteiger partial charge in [-0.1, -0.05) is 37.1 Å². The Kier molecular flexibility index (Phi) is 12.0. The van der Waals surface area contributed by atoms with E-state index in [9.17, 15) is 4.79 Å². The number of hydrogen-bond acceptors (Lipinski definition) is 3. The lowest BCUT2D eigenvalue weighted by Crippen LogP contribution is -2.03. The van der Waals surface area contributed by atoms with E-state index in [-0.39, 0.29) is 18.4 Å². The molecule has 0 spiro atoms. The Morgan fingerprint density at radius 2 is 1.57 bits per heavy atom. The number of nitrogens with two attached hydrogens (primary N) is 1. The maximum atomic E-state index is 11.2. The quantitative estimate of drug-likeness (QED) is 0.529. The molecule has 1 aromatic rings. The summed E-state index contributed by atoms with van der Waals surface area (Å²) in [6.07, 6.45) is 7.01. The molecule has 0 fully saturated rings. The van der Waals surface area contributed by atoms with E-state index >= 15 is 0 Å². The normalized spacial score (nSPS) is 10.0. The lowest BCUT2D eigenvalue weighted by molar-refractivity contribution is -0.143. The highest BCUT2D eigenvalue weighted by Crippen LogP contribution is 2.11. The topological polar surface area (TPSA) is 52.3 Å². The molecule has 0 saturated carbocycles. The van der Waals surface area contributed by atoms with Gasteiger partial charge in [-0.2, -0.15) is 0 Å². The van der Waals surface area contributed by atoms with Crippen LogP contribution in [0, 0.1) is 0 Å². The van der Waals surface area contributed by atoms with Crippen LogP contribution in [0.25, 0.3) is 0 Å². The SMILES string of the molecule is CCOC(=O)CCCCCCc1ccc(CCN)cc1.Cl. The van der Waals surface area contributed by atoms with Crippen molar-refractivity contribution in [1.29, 1.82) is 0 Å². The summed E-state index contributed by atoms with van der Waals surface area (Å²) in [6, 6.07) is 8.74. The Morgan fingerprint density at radius 1 is 1.00 bits per heavy atom. The number of halogens is 1. The molecule has 0 unspecified atom stereocenters. The van der Waals surface area contributed by atoms with Crippen LogP contribution in [0.3, 0.4) is 0 Å². The number of ether oxygens (including phenoxy) is 1. The van der Waals surface area contributed by atoms with Gasteiger partial charge in [-0.05, 0) is 50.3 Å². The maximum absolute atomic E-state index is 11.2. The fourth-order valence-electron chi connectivity index (χ4n) is 2.22. The first-order valence-corrected chi connectivity index (χ1v) is 7.69. The standard InChI is InChI=1S/C17H27NO2.ClH/c1-2-20-17(19)8-6-4-3-5-7-15-9-11-16(12-10-15)13-14-18;/h9-12H,2-8,13-14,18H2,1H3;1H. The van der Waals surface area contributed by atoms with Gasteiger partial charge in [0.05, 0.1) is 6.61 Å². The minimum atomic E-state index is -0.0667. The average Bonchev–Trinajstić information content (AvgIpc) is 2.45. The monoisotopic (exact) mass is 313 g/mol. The molecule has 0 atom stereocenters. The van der Waals surface area contributed by atoms with Crippen LogP contribution < -0.4 is 5.73 Å². The van der Waals surface area contributed by atoms with Crippen LogP contribution in [0.5, 0.6) is 0 Å². The number of unbranched alkanes of at least 4 members (excludes halogenated alkanes) is 3. The third-order valence-corrected chi connectivity index (χ3v) is 3.36. The van der Waals surface area contributed by atoms with Crippen LogP contribution in [0.4, 0.5) is 0 Å². The molecule has 0 saturated heterocycles. The fourth-order valence-corrected chi connectivity index (χ4v) is 2.22. The van der Waals surface area contributed by atoms with Crippen LogP contribution >= 0.6 is 12.4 Å². The molecule has 21 heavy (non-hydrogen) atoms. The van der Waals surface area contributed by atoms with E-state index < -0.39 is 0 Å². The van der Waals surface area contributed by atoms with Gasteiger partial charge < -0.3 is 10.5 Å². The molecule has 0 bridgehead atoms. The smallest absolute Gasteiger partial charge is 0.305 e. The third kappa shape index (κ3) is 9.48. The average molecular weight is 314 g/mol. The van der Waals surface area contributed by atoms with Crippen LogP contribution in [0.1, 0.15) is 50.2 Å². The summed E-state index contributed by atoms with van der Waals surface area (Å²) in [6.45, 7) is 3.04. The molecule has 2 N–H and O–H groups in total. The molecule has 0 aliphatic heterocycles. The Balaban J connectivity index is 0.00000400. The molecule has 120 valence electrons. The van der Waals surface area contributed by atoms with Gasteiger partial charge in [-0.3, -0.25) is 4.79 Å². The molecule has 4 heteroatoms. The van der Waals surface area contributed by atoms with E-state index in [0.29, 0.717) is 19.6 Å². The van der Waals surface area contributed by atoms with Crippen LogP contribution in [-0.4, -0.2) is 19.1 Å². The van der Waals surface area contributed by atoms with Crippen molar-refractivity contribution in [1.82, 2.24) is 0 Å². The van der Waals surface area contributed by atoms with Crippen molar-refractivity contribution >= 4 is 18.4 Å². The summed E-state index contributed by atoms with van der Waals surface area (Å²) in [7, 11) is 0. The summed E-state index contributed by atoms with van der Waals surface area (Å²) >= 11 is 0. The second-order valence-electron chi connectivity index (χ2n) is 5.07. The minimum Gasteiger partial charge on any atom is -0.466 e. The molecule has 1 rings (SSSR count). The molecule has 0 amide bonds. The molecular formula is C17H28ClNO2. The zero-order valence-electron chi connectivity index (χ0n) is 13.0. The summed E-state index contributed by atoms with van der Waals surface area (Å²) < 4.78 is 4.90. The predicted molar refractivity (Wildman–Crippen MR) is 89.9 cm³/mol. The van der Waals surface area contributed by atoms with Crippen LogP contribution in [-0.2, 0) is 22.4 Å². The molecule has 3 nitrogen and oxygen atoms in total. The number of hydrogen-bond donors (Lipinski definition) is 1. The van der Waals surface area contributed by atoms with Gasteiger partial charge in [0.1, 0.15) is 0 Å². The van der Waals surface area contributed by atoms with Gasteiger partial charge >= 0.3 is 5.97 Å². The highest BCUT2D eigenvalue weighted by Gasteiger charge is 2.01. The Morgan fingerprint density at radius 3 is 2.14 bits per heavy atom. The Hall–Kier alpha value is -1.06.